The quantitative estimate of drug-likeness (QED) is 0.505. The molecule has 30 heavy (non-hydrogen) atoms. The number of aliphatic hydroxyl groups excluding tert-OH is 1. The zero-order chi connectivity index (χ0) is 21.5. The molecule has 0 radical (unpaired) electrons. The molecule has 0 amide bonds. The van der Waals surface area contributed by atoms with E-state index < -0.39 is 11.9 Å². The average molecular weight is 412 g/mol. The zero-order valence-corrected chi connectivity index (χ0v) is 17.9. The topological polar surface area (TPSA) is 50.5 Å². The molecule has 1 unspecified atom stereocenters. The molecule has 0 spiro atoms. The van der Waals surface area contributed by atoms with E-state index in [1.165, 1.54) is 6.07 Å². The largest absolute Gasteiger partial charge is 0.435 e. The summed E-state index contributed by atoms with van der Waals surface area (Å²) in [5.74, 6) is 0.232. The van der Waals surface area contributed by atoms with E-state index in [-0.39, 0.29) is 5.75 Å². The van der Waals surface area contributed by atoms with Gasteiger partial charge in [0.05, 0.1) is 23.0 Å². The van der Waals surface area contributed by atoms with Crippen LogP contribution in [0.25, 0.3) is 5.69 Å². The Labute approximate surface area is 177 Å². The van der Waals surface area contributed by atoms with Crippen molar-refractivity contribution >= 4 is 0 Å². The van der Waals surface area contributed by atoms with Crippen LogP contribution in [0.5, 0.6) is 11.6 Å². The van der Waals surface area contributed by atoms with Gasteiger partial charge in [0, 0.05) is 13.1 Å². The van der Waals surface area contributed by atoms with Gasteiger partial charge in [0.25, 0.3) is 0 Å². The van der Waals surface area contributed by atoms with E-state index in [9.17, 15) is 9.50 Å². The summed E-state index contributed by atoms with van der Waals surface area (Å²) in [6, 6.07) is 16.1. The lowest BCUT2D eigenvalue weighted by atomic mass is 10.2. The van der Waals surface area contributed by atoms with Gasteiger partial charge < -0.3 is 9.84 Å². The molecule has 2 aromatic carbocycles. The molecule has 1 N–H and O–H groups in total. The maximum absolute atomic E-state index is 14.4. The first-order valence-electron chi connectivity index (χ1n) is 10.5. The fourth-order valence-corrected chi connectivity index (χ4v) is 3.40. The van der Waals surface area contributed by atoms with Crippen molar-refractivity contribution in [2.24, 2.45) is 0 Å². The highest BCUT2D eigenvalue weighted by Gasteiger charge is 2.22. The van der Waals surface area contributed by atoms with Crippen LogP contribution in [0.3, 0.4) is 0 Å². The number of ether oxygens (including phenoxy) is 1. The van der Waals surface area contributed by atoms with Crippen LogP contribution in [-0.2, 0) is 6.54 Å². The Morgan fingerprint density at radius 3 is 2.47 bits per heavy atom. The number of hydrogen-bond acceptors (Lipinski definition) is 4. The van der Waals surface area contributed by atoms with E-state index in [0.717, 1.165) is 29.9 Å². The lowest BCUT2D eigenvalue weighted by Crippen LogP contribution is -2.32. The minimum absolute atomic E-state index is 0.159. The van der Waals surface area contributed by atoms with Crippen molar-refractivity contribution in [2.45, 2.75) is 46.3 Å². The number of rotatable bonds is 10. The monoisotopic (exact) mass is 411 g/mol. The van der Waals surface area contributed by atoms with Gasteiger partial charge in [0.15, 0.2) is 11.6 Å². The Kier molecular flexibility index (Phi) is 7.60. The first-order chi connectivity index (χ1) is 14.5. The SMILES string of the molecule is CCCN(Cc1c(C)nn(-c2ccccc2)c1Oc1ccccc1F)CC(O)CC. The lowest BCUT2D eigenvalue weighted by molar-refractivity contribution is 0.105. The van der Waals surface area contributed by atoms with Gasteiger partial charge in [0.2, 0.25) is 5.88 Å². The molecular formula is C24H30FN3O2. The third-order valence-electron chi connectivity index (χ3n) is 5.04. The predicted octanol–water partition coefficient (Wildman–Crippen LogP) is 5.10. The fraction of sp³-hybridized carbons (Fsp3) is 0.375. The summed E-state index contributed by atoms with van der Waals surface area (Å²) in [5, 5.41) is 14.9. The molecule has 160 valence electrons. The molecule has 1 aromatic heterocycles. The van der Waals surface area contributed by atoms with E-state index in [2.05, 4.69) is 11.8 Å². The Morgan fingerprint density at radius 1 is 1.10 bits per heavy atom. The molecule has 0 aliphatic heterocycles. The molecule has 0 fully saturated rings. The normalized spacial score (nSPS) is 12.3. The van der Waals surface area contributed by atoms with Crippen LogP contribution in [0.1, 0.15) is 37.9 Å². The van der Waals surface area contributed by atoms with Crippen molar-refractivity contribution < 1.29 is 14.2 Å². The summed E-state index contributed by atoms with van der Waals surface area (Å²) >= 11 is 0. The minimum Gasteiger partial charge on any atom is -0.435 e. The Balaban J connectivity index is 2.03. The highest BCUT2D eigenvalue weighted by atomic mass is 19.1. The Bertz CT molecular complexity index is 943. The highest BCUT2D eigenvalue weighted by molar-refractivity contribution is 5.43. The summed E-state index contributed by atoms with van der Waals surface area (Å²) in [7, 11) is 0. The predicted molar refractivity (Wildman–Crippen MR) is 117 cm³/mol. The molecule has 0 saturated carbocycles. The Hall–Kier alpha value is -2.70. The second kappa shape index (κ2) is 10.4. The van der Waals surface area contributed by atoms with E-state index in [4.69, 9.17) is 9.84 Å². The van der Waals surface area contributed by atoms with E-state index in [1.807, 2.05) is 44.2 Å². The van der Waals surface area contributed by atoms with Crippen molar-refractivity contribution in [2.75, 3.05) is 13.1 Å². The summed E-state index contributed by atoms with van der Waals surface area (Å²) < 4.78 is 22.2. The van der Waals surface area contributed by atoms with Crippen LogP contribution in [0.2, 0.25) is 0 Å². The van der Waals surface area contributed by atoms with Gasteiger partial charge in [-0.2, -0.15) is 5.10 Å². The average Bonchev–Trinajstić information content (AvgIpc) is 3.05. The summed E-state index contributed by atoms with van der Waals surface area (Å²) in [6.45, 7) is 7.99. The minimum atomic E-state index is -0.422. The zero-order valence-electron chi connectivity index (χ0n) is 17.9. The molecule has 0 bridgehead atoms. The van der Waals surface area contributed by atoms with Crippen LogP contribution in [0.15, 0.2) is 54.6 Å². The maximum Gasteiger partial charge on any atom is 0.227 e. The summed E-state index contributed by atoms with van der Waals surface area (Å²) in [5.41, 5.74) is 2.55. The molecule has 0 aliphatic rings. The molecule has 3 aromatic rings. The number of hydrogen-bond donors (Lipinski definition) is 1. The van der Waals surface area contributed by atoms with Crippen LogP contribution in [0.4, 0.5) is 4.39 Å². The molecule has 0 saturated heterocycles. The maximum atomic E-state index is 14.4. The lowest BCUT2D eigenvalue weighted by Gasteiger charge is -2.24. The number of aryl methyl sites for hydroxylation is 1. The third-order valence-corrected chi connectivity index (χ3v) is 5.04. The van der Waals surface area contributed by atoms with Gasteiger partial charge in [-0.15, -0.1) is 0 Å². The smallest absolute Gasteiger partial charge is 0.227 e. The van der Waals surface area contributed by atoms with E-state index in [1.54, 1.807) is 22.9 Å². The first-order valence-corrected chi connectivity index (χ1v) is 10.5. The number of aliphatic hydroxyl groups is 1. The summed E-state index contributed by atoms with van der Waals surface area (Å²) in [6.07, 6.45) is 1.27. The molecule has 6 heteroatoms. The van der Waals surface area contributed by atoms with Gasteiger partial charge in [0.1, 0.15) is 0 Å². The van der Waals surface area contributed by atoms with Crippen LogP contribution < -0.4 is 4.74 Å². The molecular weight excluding hydrogens is 381 g/mol. The summed E-state index contributed by atoms with van der Waals surface area (Å²) in [4.78, 5) is 2.20. The second-order valence-corrected chi connectivity index (χ2v) is 7.45. The molecule has 3 rings (SSSR count). The second-order valence-electron chi connectivity index (χ2n) is 7.45. The van der Waals surface area contributed by atoms with E-state index in [0.29, 0.717) is 25.4 Å². The van der Waals surface area contributed by atoms with Gasteiger partial charge in [-0.1, -0.05) is 44.2 Å². The standard InChI is InChI=1S/C24H30FN3O2/c1-4-15-27(16-20(29)5-2)17-21-18(3)26-28(19-11-7-6-8-12-19)24(21)30-23-14-10-9-13-22(23)25/h6-14,20,29H,4-5,15-17H2,1-3H3. The Morgan fingerprint density at radius 2 is 1.80 bits per heavy atom. The highest BCUT2D eigenvalue weighted by Crippen LogP contribution is 2.32. The van der Waals surface area contributed by atoms with Crippen LogP contribution in [0, 0.1) is 12.7 Å². The van der Waals surface area contributed by atoms with Crippen LogP contribution >= 0.6 is 0 Å². The van der Waals surface area contributed by atoms with Gasteiger partial charge in [-0.3, -0.25) is 4.90 Å². The number of benzene rings is 2. The van der Waals surface area contributed by atoms with Gasteiger partial charge in [-0.05, 0) is 50.6 Å². The molecule has 5 nitrogen and oxygen atoms in total. The molecule has 1 atom stereocenters. The van der Waals surface area contributed by atoms with Crippen molar-refractivity contribution in [3.8, 4) is 17.3 Å². The molecule has 1 heterocycles. The number of aromatic nitrogens is 2. The molecule has 0 aliphatic carbocycles. The van der Waals surface area contributed by atoms with Gasteiger partial charge in [-0.25, -0.2) is 9.07 Å². The number of para-hydroxylation sites is 2. The van der Waals surface area contributed by atoms with Crippen molar-refractivity contribution in [1.29, 1.82) is 0 Å². The van der Waals surface area contributed by atoms with Crippen molar-refractivity contribution in [3.05, 3.63) is 71.7 Å². The van der Waals surface area contributed by atoms with Crippen LogP contribution in [-0.4, -0.2) is 39.0 Å². The third kappa shape index (κ3) is 5.26. The number of halogens is 1. The first kappa shape index (κ1) is 22.0. The van der Waals surface area contributed by atoms with Crippen molar-refractivity contribution in [3.63, 3.8) is 0 Å². The van der Waals surface area contributed by atoms with E-state index >= 15 is 0 Å². The fourth-order valence-electron chi connectivity index (χ4n) is 3.40. The number of nitrogens with zero attached hydrogens (tertiary/aromatic N) is 3. The van der Waals surface area contributed by atoms with Gasteiger partial charge >= 0.3 is 0 Å². The van der Waals surface area contributed by atoms with Crippen molar-refractivity contribution in [1.82, 2.24) is 14.7 Å².